The number of aromatic nitrogens is 2. The summed E-state index contributed by atoms with van der Waals surface area (Å²) >= 11 is 2.63. The highest BCUT2D eigenvalue weighted by molar-refractivity contribution is 7.22. The molecule has 5 rings (SSSR count). The molecule has 30 heavy (non-hydrogen) atoms. The zero-order chi connectivity index (χ0) is 20.8. The molecule has 1 amide bonds. The highest BCUT2D eigenvalue weighted by Gasteiger charge is 2.46. The molecule has 6 nitrogen and oxygen atoms in total. The third-order valence-electron chi connectivity index (χ3n) is 4.96. The Morgan fingerprint density at radius 1 is 1.17 bits per heavy atom. The number of aryl methyl sites for hydroxylation is 1. The van der Waals surface area contributed by atoms with Gasteiger partial charge in [-0.3, -0.25) is 19.5 Å². The minimum atomic E-state index is -0.781. The van der Waals surface area contributed by atoms with Gasteiger partial charge in [-0.15, -0.1) is 11.3 Å². The number of amides is 1. The number of hydrogen-bond acceptors (Lipinski definition) is 7. The topological polar surface area (TPSA) is 83.4 Å². The molecule has 1 aliphatic rings. The largest absolute Gasteiger partial charge is 0.503 e. The van der Waals surface area contributed by atoms with E-state index in [4.69, 9.17) is 0 Å². The number of aliphatic hydroxyl groups excluding tert-OH is 1. The summed E-state index contributed by atoms with van der Waals surface area (Å²) in [6.45, 7) is 1.99. The zero-order valence-corrected chi connectivity index (χ0v) is 17.4. The van der Waals surface area contributed by atoms with Gasteiger partial charge in [0.2, 0.25) is 5.78 Å². The van der Waals surface area contributed by atoms with E-state index >= 15 is 0 Å². The van der Waals surface area contributed by atoms with Gasteiger partial charge in [0.1, 0.15) is 0 Å². The molecule has 1 aromatic carbocycles. The number of benzene rings is 1. The maximum atomic E-state index is 13.2. The van der Waals surface area contributed by atoms with Crippen LogP contribution in [-0.4, -0.2) is 26.8 Å². The Bertz CT molecular complexity index is 1310. The van der Waals surface area contributed by atoms with Crippen LogP contribution >= 0.6 is 22.7 Å². The number of aliphatic hydroxyl groups is 1. The predicted molar refractivity (Wildman–Crippen MR) is 117 cm³/mol. The molecule has 0 saturated heterocycles. The SMILES string of the molecule is Cc1ccc2nc(N3C(=O)C(O)=C(C(=O)c4cccs4)C3c3ccncc3)sc2c1. The second kappa shape index (κ2) is 7.16. The van der Waals surface area contributed by atoms with Crippen LogP contribution in [0.2, 0.25) is 0 Å². The number of ketones is 1. The molecule has 0 saturated carbocycles. The van der Waals surface area contributed by atoms with Crippen LogP contribution in [0.4, 0.5) is 5.13 Å². The minimum absolute atomic E-state index is 0.0593. The average molecular weight is 434 g/mol. The molecule has 8 heteroatoms. The van der Waals surface area contributed by atoms with Gasteiger partial charge in [-0.2, -0.15) is 0 Å². The van der Waals surface area contributed by atoms with Crippen molar-refractivity contribution in [3.8, 4) is 0 Å². The molecule has 1 N–H and O–H groups in total. The first-order valence-electron chi connectivity index (χ1n) is 9.16. The quantitative estimate of drug-likeness (QED) is 0.466. The van der Waals surface area contributed by atoms with Gasteiger partial charge in [0, 0.05) is 12.4 Å². The fourth-order valence-electron chi connectivity index (χ4n) is 3.56. The van der Waals surface area contributed by atoms with Crippen molar-refractivity contribution in [2.24, 2.45) is 0 Å². The van der Waals surface area contributed by atoms with Gasteiger partial charge >= 0.3 is 0 Å². The summed E-state index contributed by atoms with van der Waals surface area (Å²) in [5.74, 6) is -1.53. The first-order valence-corrected chi connectivity index (χ1v) is 10.9. The Kier molecular flexibility index (Phi) is 4.45. The molecule has 4 aromatic rings. The third-order valence-corrected chi connectivity index (χ3v) is 6.84. The summed E-state index contributed by atoms with van der Waals surface area (Å²) in [5, 5.41) is 13.0. The van der Waals surface area contributed by atoms with Crippen molar-refractivity contribution in [3.63, 3.8) is 0 Å². The lowest BCUT2D eigenvalue weighted by Crippen LogP contribution is -2.30. The highest BCUT2D eigenvalue weighted by atomic mass is 32.1. The maximum absolute atomic E-state index is 13.2. The van der Waals surface area contributed by atoms with Crippen LogP contribution in [-0.2, 0) is 4.79 Å². The summed E-state index contributed by atoms with van der Waals surface area (Å²) < 4.78 is 0.934. The summed E-state index contributed by atoms with van der Waals surface area (Å²) in [7, 11) is 0. The molecule has 3 aromatic heterocycles. The molecule has 0 bridgehead atoms. The van der Waals surface area contributed by atoms with Crippen LogP contribution in [0.5, 0.6) is 0 Å². The molecule has 0 radical (unpaired) electrons. The van der Waals surface area contributed by atoms with Crippen molar-refractivity contribution < 1.29 is 14.7 Å². The first-order chi connectivity index (χ1) is 14.5. The van der Waals surface area contributed by atoms with E-state index in [1.54, 1.807) is 42.0 Å². The molecular weight excluding hydrogens is 418 g/mol. The number of anilines is 1. The monoisotopic (exact) mass is 433 g/mol. The second-order valence-electron chi connectivity index (χ2n) is 6.89. The van der Waals surface area contributed by atoms with E-state index in [1.807, 2.05) is 25.1 Å². The van der Waals surface area contributed by atoms with Gasteiger partial charge in [0.05, 0.1) is 26.7 Å². The van der Waals surface area contributed by atoms with Crippen molar-refractivity contribution in [3.05, 3.63) is 87.6 Å². The smallest absolute Gasteiger partial charge is 0.296 e. The van der Waals surface area contributed by atoms with Crippen LogP contribution in [0.3, 0.4) is 0 Å². The Labute approximate surface area is 179 Å². The number of carbonyl (C=O) groups is 2. The molecule has 0 fully saturated rings. The van der Waals surface area contributed by atoms with Crippen LogP contribution in [0.25, 0.3) is 10.2 Å². The highest BCUT2D eigenvalue weighted by Crippen LogP contribution is 2.44. The molecule has 0 spiro atoms. The van der Waals surface area contributed by atoms with E-state index in [0.717, 1.165) is 15.8 Å². The van der Waals surface area contributed by atoms with Gasteiger partial charge in [-0.05, 0) is 53.8 Å². The predicted octanol–water partition coefficient (Wildman–Crippen LogP) is 4.84. The van der Waals surface area contributed by atoms with Crippen LogP contribution in [0.1, 0.15) is 26.8 Å². The number of pyridine rings is 1. The summed E-state index contributed by atoms with van der Waals surface area (Å²) in [6, 6.07) is 12.0. The van der Waals surface area contributed by atoms with Crippen LogP contribution < -0.4 is 4.90 Å². The van der Waals surface area contributed by atoms with E-state index in [1.165, 1.54) is 27.6 Å². The number of hydrogen-bond donors (Lipinski definition) is 1. The van der Waals surface area contributed by atoms with Gasteiger partial charge < -0.3 is 5.11 Å². The van der Waals surface area contributed by atoms with E-state index in [-0.39, 0.29) is 11.4 Å². The standard InChI is InChI=1S/C22H15N3O3S2/c1-12-4-5-14-16(11-12)30-22(24-14)25-18(13-6-8-23-9-7-13)17(20(27)21(25)28)19(26)15-3-2-10-29-15/h2-11,18,27H,1H3. The van der Waals surface area contributed by atoms with Crippen molar-refractivity contribution in [2.75, 3.05) is 4.90 Å². The first kappa shape index (κ1) is 18.7. The minimum Gasteiger partial charge on any atom is -0.503 e. The fourth-order valence-corrected chi connectivity index (χ4v) is 5.33. The molecule has 1 aliphatic heterocycles. The number of Topliss-reactive ketones (excluding diaryl/α,β-unsaturated/α-hetero) is 1. The Morgan fingerprint density at radius 2 is 1.97 bits per heavy atom. The molecule has 4 heterocycles. The fraction of sp³-hybridized carbons (Fsp3) is 0.0909. The van der Waals surface area contributed by atoms with Crippen LogP contribution in [0.15, 0.2) is 71.6 Å². The third kappa shape index (κ3) is 2.92. The molecular formula is C22H15N3O3S2. The van der Waals surface area contributed by atoms with E-state index in [2.05, 4.69) is 9.97 Å². The van der Waals surface area contributed by atoms with Gasteiger partial charge in [-0.25, -0.2) is 4.98 Å². The number of thiazole rings is 1. The second-order valence-corrected chi connectivity index (χ2v) is 8.85. The van der Waals surface area contributed by atoms with E-state index < -0.39 is 17.7 Å². The van der Waals surface area contributed by atoms with Crippen molar-refractivity contribution >= 4 is 49.7 Å². The van der Waals surface area contributed by atoms with Gasteiger partial charge in [0.15, 0.2) is 10.9 Å². The number of fused-ring (bicyclic) bond motifs is 1. The van der Waals surface area contributed by atoms with E-state index in [0.29, 0.717) is 15.6 Å². The molecule has 1 atom stereocenters. The molecule has 0 aliphatic carbocycles. The average Bonchev–Trinajstić information content (AvgIpc) is 3.47. The Hall–Kier alpha value is -3.36. The Morgan fingerprint density at radius 3 is 2.70 bits per heavy atom. The summed E-state index contributed by atoms with van der Waals surface area (Å²) in [6.07, 6.45) is 3.20. The zero-order valence-electron chi connectivity index (χ0n) is 15.8. The number of carbonyl (C=O) groups excluding carboxylic acids is 2. The maximum Gasteiger partial charge on any atom is 0.296 e. The van der Waals surface area contributed by atoms with Crippen molar-refractivity contribution in [2.45, 2.75) is 13.0 Å². The number of thiophene rings is 1. The van der Waals surface area contributed by atoms with Gasteiger partial charge in [0.25, 0.3) is 5.91 Å². The van der Waals surface area contributed by atoms with Crippen LogP contribution in [0, 0.1) is 6.92 Å². The molecule has 1 unspecified atom stereocenters. The lowest BCUT2D eigenvalue weighted by atomic mass is 9.96. The summed E-state index contributed by atoms with van der Waals surface area (Å²) in [5.41, 5.74) is 2.59. The number of rotatable bonds is 4. The van der Waals surface area contributed by atoms with Crippen molar-refractivity contribution in [1.82, 2.24) is 9.97 Å². The summed E-state index contributed by atoms with van der Waals surface area (Å²) in [4.78, 5) is 36.9. The normalized spacial score (nSPS) is 16.6. The van der Waals surface area contributed by atoms with Crippen molar-refractivity contribution in [1.29, 1.82) is 0 Å². The molecule has 148 valence electrons. The van der Waals surface area contributed by atoms with E-state index in [9.17, 15) is 14.7 Å². The Balaban J connectivity index is 1.68. The number of nitrogens with zero attached hydrogens (tertiary/aromatic N) is 3. The lowest BCUT2D eigenvalue weighted by Gasteiger charge is -2.24. The van der Waals surface area contributed by atoms with Gasteiger partial charge in [-0.1, -0.05) is 23.5 Å². The lowest BCUT2D eigenvalue weighted by molar-refractivity contribution is -0.117.